The molecule has 6 heteroatoms. The third-order valence-corrected chi connectivity index (χ3v) is 3.77. The molecule has 0 aromatic heterocycles. The molecule has 0 unspecified atom stereocenters. The summed E-state index contributed by atoms with van der Waals surface area (Å²) in [4.78, 5) is 10.6. The lowest BCUT2D eigenvalue weighted by molar-refractivity contribution is -0.131. The molecule has 0 heterocycles. The van der Waals surface area contributed by atoms with E-state index in [4.69, 9.17) is 30.9 Å². The number of benzene rings is 2. The SMILES string of the molecule is COc1cc(/C=C/C(=O)O)ccc1OCCOc1ccc(Cl)c(C)c1. The third-order valence-electron chi connectivity index (χ3n) is 3.35. The number of aryl methyl sites for hydroxylation is 1. The van der Waals surface area contributed by atoms with Crippen molar-refractivity contribution in [2.24, 2.45) is 0 Å². The van der Waals surface area contributed by atoms with Crippen LogP contribution in [0.4, 0.5) is 0 Å². The molecule has 2 aromatic carbocycles. The summed E-state index contributed by atoms with van der Waals surface area (Å²) >= 11 is 5.98. The van der Waals surface area contributed by atoms with Gasteiger partial charge in [-0.1, -0.05) is 17.7 Å². The Morgan fingerprint density at radius 2 is 1.88 bits per heavy atom. The lowest BCUT2D eigenvalue weighted by atomic mass is 10.2. The molecule has 0 atom stereocenters. The topological polar surface area (TPSA) is 65.0 Å². The van der Waals surface area contributed by atoms with E-state index in [2.05, 4.69) is 0 Å². The second-order valence-electron chi connectivity index (χ2n) is 5.19. The smallest absolute Gasteiger partial charge is 0.328 e. The fourth-order valence-corrected chi connectivity index (χ4v) is 2.21. The van der Waals surface area contributed by atoms with Crippen LogP contribution >= 0.6 is 11.6 Å². The molecule has 25 heavy (non-hydrogen) atoms. The summed E-state index contributed by atoms with van der Waals surface area (Å²) < 4.78 is 16.6. The number of hydrogen-bond donors (Lipinski definition) is 1. The number of carboxylic acid groups (broad SMARTS) is 1. The van der Waals surface area contributed by atoms with Crippen molar-refractivity contribution in [3.05, 3.63) is 58.6 Å². The monoisotopic (exact) mass is 362 g/mol. The summed E-state index contributed by atoms with van der Waals surface area (Å²) in [5.74, 6) is 0.807. The van der Waals surface area contributed by atoms with Gasteiger partial charge in [0.15, 0.2) is 11.5 Å². The number of hydrogen-bond acceptors (Lipinski definition) is 4. The summed E-state index contributed by atoms with van der Waals surface area (Å²) in [5, 5.41) is 9.36. The van der Waals surface area contributed by atoms with Gasteiger partial charge in [0.05, 0.1) is 7.11 Å². The van der Waals surface area contributed by atoms with Gasteiger partial charge in [-0.15, -0.1) is 0 Å². The Bertz CT molecular complexity index is 770. The summed E-state index contributed by atoms with van der Waals surface area (Å²) in [6.07, 6.45) is 2.55. The summed E-state index contributed by atoms with van der Waals surface area (Å²) in [6, 6.07) is 10.6. The van der Waals surface area contributed by atoms with Gasteiger partial charge in [-0.2, -0.15) is 0 Å². The first-order chi connectivity index (χ1) is 12.0. The van der Waals surface area contributed by atoms with E-state index in [1.807, 2.05) is 13.0 Å². The van der Waals surface area contributed by atoms with Crippen molar-refractivity contribution in [1.82, 2.24) is 0 Å². The van der Waals surface area contributed by atoms with E-state index in [9.17, 15) is 4.79 Å². The number of methoxy groups -OCH3 is 1. The van der Waals surface area contributed by atoms with E-state index in [0.717, 1.165) is 17.4 Å². The second kappa shape index (κ2) is 8.99. The lowest BCUT2D eigenvalue weighted by Gasteiger charge is -2.12. The molecule has 0 fully saturated rings. The minimum Gasteiger partial charge on any atom is -0.493 e. The van der Waals surface area contributed by atoms with Crippen LogP contribution in [-0.4, -0.2) is 31.4 Å². The Hall–Kier alpha value is -2.66. The molecule has 5 nitrogen and oxygen atoms in total. The average Bonchev–Trinajstić information content (AvgIpc) is 2.60. The molecule has 2 rings (SSSR count). The molecular formula is C19H19ClO5. The first kappa shape index (κ1) is 18.7. The number of carboxylic acids is 1. The van der Waals surface area contributed by atoms with Crippen LogP contribution < -0.4 is 14.2 Å². The number of aliphatic carboxylic acids is 1. The van der Waals surface area contributed by atoms with Crippen LogP contribution in [0.3, 0.4) is 0 Å². The van der Waals surface area contributed by atoms with Crippen LogP contribution in [0.15, 0.2) is 42.5 Å². The van der Waals surface area contributed by atoms with Gasteiger partial charge in [-0.25, -0.2) is 4.79 Å². The Morgan fingerprint density at radius 3 is 2.56 bits per heavy atom. The maximum absolute atomic E-state index is 10.6. The van der Waals surface area contributed by atoms with E-state index in [1.165, 1.54) is 13.2 Å². The summed E-state index contributed by atoms with van der Waals surface area (Å²) in [6.45, 7) is 2.62. The number of carbonyl (C=O) groups is 1. The minimum absolute atomic E-state index is 0.336. The van der Waals surface area contributed by atoms with Crippen molar-refractivity contribution in [3.63, 3.8) is 0 Å². The number of rotatable bonds is 8. The van der Waals surface area contributed by atoms with Gasteiger partial charge in [0.1, 0.15) is 19.0 Å². The van der Waals surface area contributed by atoms with Crippen molar-refractivity contribution in [3.8, 4) is 17.2 Å². The van der Waals surface area contributed by atoms with Crippen molar-refractivity contribution in [2.45, 2.75) is 6.92 Å². The summed E-state index contributed by atoms with van der Waals surface area (Å²) in [5.41, 5.74) is 1.66. The van der Waals surface area contributed by atoms with Crippen LogP contribution in [0.2, 0.25) is 5.02 Å². The van der Waals surface area contributed by atoms with Gasteiger partial charge in [0, 0.05) is 11.1 Å². The molecular weight excluding hydrogens is 344 g/mol. The Kier molecular flexibility index (Phi) is 6.71. The third kappa shape index (κ3) is 5.72. The zero-order valence-corrected chi connectivity index (χ0v) is 14.7. The van der Waals surface area contributed by atoms with Crippen LogP contribution in [0.25, 0.3) is 6.08 Å². The highest BCUT2D eigenvalue weighted by atomic mass is 35.5. The van der Waals surface area contributed by atoms with Gasteiger partial charge < -0.3 is 19.3 Å². The van der Waals surface area contributed by atoms with Crippen LogP contribution in [0.5, 0.6) is 17.2 Å². The van der Waals surface area contributed by atoms with E-state index >= 15 is 0 Å². The van der Waals surface area contributed by atoms with Gasteiger partial charge in [-0.05, 0) is 54.5 Å². The second-order valence-corrected chi connectivity index (χ2v) is 5.60. The maximum atomic E-state index is 10.6. The molecule has 0 bridgehead atoms. The molecule has 132 valence electrons. The normalized spacial score (nSPS) is 10.7. The van der Waals surface area contributed by atoms with Crippen molar-refractivity contribution >= 4 is 23.6 Å². The quantitative estimate of drug-likeness (QED) is 0.562. The van der Waals surface area contributed by atoms with Gasteiger partial charge in [0.25, 0.3) is 0 Å². The molecule has 0 aliphatic carbocycles. The predicted molar refractivity (Wildman–Crippen MR) is 96.8 cm³/mol. The molecule has 2 aromatic rings. The molecule has 0 amide bonds. The average molecular weight is 363 g/mol. The standard InChI is InChI=1S/C19H19ClO5/c1-13-11-15(5-6-16(13)20)24-9-10-25-17-7-3-14(4-8-19(21)22)12-18(17)23-2/h3-8,11-12H,9-10H2,1-2H3,(H,21,22)/b8-4+. The van der Waals surface area contributed by atoms with Gasteiger partial charge in [-0.3, -0.25) is 0 Å². The predicted octanol–water partition coefficient (Wildman–Crippen LogP) is 4.21. The zero-order valence-electron chi connectivity index (χ0n) is 14.0. The first-order valence-electron chi connectivity index (χ1n) is 7.60. The Morgan fingerprint density at radius 1 is 1.12 bits per heavy atom. The highest BCUT2D eigenvalue weighted by Gasteiger charge is 2.05. The van der Waals surface area contributed by atoms with Crippen LogP contribution in [0, 0.1) is 6.92 Å². The highest BCUT2D eigenvalue weighted by molar-refractivity contribution is 6.31. The summed E-state index contributed by atoms with van der Waals surface area (Å²) in [7, 11) is 1.53. The fourth-order valence-electron chi connectivity index (χ4n) is 2.09. The van der Waals surface area contributed by atoms with Crippen molar-refractivity contribution in [2.75, 3.05) is 20.3 Å². The van der Waals surface area contributed by atoms with Crippen LogP contribution in [0.1, 0.15) is 11.1 Å². The molecule has 0 saturated heterocycles. The molecule has 0 aliphatic rings. The molecule has 1 N–H and O–H groups in total. The Labute approximate surface area is 151 Å². The van der Waals surface area contributed by atoms with Crippen molar-refractivity contribution < 1.29 is 24.1 Å². The Balaban J connectivity index is 1.91. The van der Waals surface area contributed by atoms with E-state index < -0.39 is 5.97 Å². The maximum Gasteiger partial charge on any atom is 0.328 e. The lowest BCUT2D eigenvalue weighted by Crippen LogP contribution is -2.09. The number of ether oxygens (including phenoxy) is 3. The van der Waals surface area contributed by atoms with E-state index in [0.29, 0.717) is 35.3 Å². The van der Waals surface area contributed by atoms with E-state index in [-0.39, 0.29) is 0 Å². The molecule has 0 spiro atoms. The fraction of sp³-hybridized carbons (Fsp3) is 0.211. The van der Waals surface area contributed by atoms with Gasteiger partial charge in [0.2, 0.25) is 0 Å². The van der Waals surface area contributed by atoms with Crippen molar-refractivity contribution in [1.29, 1.82) is 0 Å². The van der Waals surface area contributed by atoms with Gasteiger partial charge >= 0.3 is 5.97 Å². The zero-order chi connectivity index (χ0) is 18.2. The van der Waals surface area contributed by atoms with Crippen LogP contribution in [-0.2, 0) is 4.79 Å². The van der Waals surface area contributed by atoms with E-state index in [1.54, 1.807) is 30.3 Å². The molecule has 0 saturated carbocycles. The number of halogens is 1. The largest absolute Gasteiger partial charge is 0.493 e. The molecule has 0 radical (unpaired) electrons. The first-order valence-corrected chi connectivity index (χ1v) is 7.98. The molecule has 0 aliphatic heterocycles. The minimum atomic E-state index is -1.01. The highest BCUT2D eigenvalue weighted by Crippen LogP contribution is 2.28.